The number of nitrogens with zero attached hydrogens (tertiary/aromatic N) is 5. The van der Waals surface area contributed by atoms with Crippen molar-refractivity contribution in [3.63, 3.8) is 0 Å². The zero-order valence-corrected chi connectivity index (χ0v) is 18.4. The summed E-state index contributed by atoms with van der Waals surface area (Å²) in [5.41, 5.74) is -0.926. The largest absolute Gasteiger partial charge is 0.497 e. The number of carbonyl (C=O) groups excluding carboxylic acids is 1. The van der Waals surface area contributed by atoms with Crippen LogP contribution in [0.1, 0.15) is 21.7 Å². The first-order valence-corrected chi connectivity index (χ1v) is 10.7. The van der Waals surface area contributed by atoms with Crippen molar-refractivity contribution in [3.05, 3.63) is 71.3 Å². The van der Waals surface area contributed by atoms with E-state index in [1.165, 1.54) is 4.90 Å². The molecule has 2 aromatic carbocycles. The summed E-state index contributed by atoms with van der Waals surface area (Å²) in [5, 5.41) is 7.10. The minimum atomic E-state index is -4.87. The molecule has 0 bridgehead atoms. The first-order chi connectivity index (χ1) is 16.3. The number of amides is 1. The van der Waals surface area contributed by atoms with Crippen LogP contribution in [-0.4, -0.2) is 70.5 Å². The van der Waals surface area contributed by atoms with E-state index in [0.29, 0.717) is 17.8 Å². The van der Waals surface area contributed by atoms with E-state index < -0.39 is 29.3 Å². The van der Waals surface area contributed by atoms with Gasteiger partial charge in [-0.25, -0.2) is 9.07 Å². The lowest BCUT2D eigenvalue weighted by Crippen LogP contribution is -2.49. The first-order valence-electron chi connectivity index (χ1n) is 10.7. The van der Waals surface area contributed by atoms with Crippen LogP contribution in [0.4, 0.5) is 17.6 Å². The molecule has 34 heavy (non-hydrogen) atoms. The van der Waals surface area contributed by atoms with Gasteiger partial charge in [0.15, 0.2) is 11.4 Å². The molecule has 0 aliphatic carbocycles. The third-order valence-corrected chi connectivity index (χ3v) is 5.75. The van der Waals surface area contributed by atoms with Gasteiger partial charge in [0.05, 0.1) is 12.8 Å². The van der Waals surface area contributed by atoms with Crippen molar-refractivity contribution in [3.8, 4) is 11.4 Å². The molecule has 180 valence electrons. The minimum Gasteiger partial charge on any atom is -0.497 e. The summed E-state index contributed by atoms with van der Waals surface area (Å²) in [6, 6.07) is 12.1. The molecule has 2 heterocycles. The molecule has 0 N–H and O–H groups in total. The molecule has 0 atom stereocenters. The molecule has 1 aliphatic rings. The number of benzene rings is 2. The van der Waals surface area contributed by atoms with Crippen LogP contribution in [0.2, 0.25) is 0 Å². The van der Waals surface area contributed by atoms with Crippen molar-refractivity contribution in [2.24, 2.45) is 0 Å². The SMILES string of the molecule is COc1ccc(CCN2CCN(C(=O)c3nnn(-c4ccc(F)cc4)c3C(F)(F)F)CC2)cc1. The smallest absolute Gasteiger partial charge is 0.435 e. The van der Waals surface area contributed by atoms with E-state index >= 15 is 0 Å². The normalized spacial score (nSPS) is 14.9. The Morgan fingerprint density at radius 2 is 1.65 bits per heavy atom. The quantitative estimate of drug-likeness (QED) is 0.509. The third-order valence-electron chi connectivity index (χ3n) is 5.75. The standard InChI is InChI=1S/C23H23F4N5O2/c1-34-19-8-2-16(3-9-19)10-11-30-12-14-31(15-13-30)22(33)20-21(23(25,26)27)32(29-28-20)18-6-4-17(24)5-7-18/h2-9H,10-15H2,1H3. The minimum absolute atomic E-state index is 0.0383. The van der Waals surface area contributed by atoms with Gasteiger partial charge in [-0.2, -0.15) is 13.2 Å². The molecular weight excluding hydrogens is 454 g/mol. The van der Waals surface area contributed by atoms with Crippen molar-refractivity contribution in [2.45, 2.75) is 12.6 Å². The van der Waals surface area contributed by atoms with E-state index in [9.17, 15) is 22.4 Å². The molecular formula is C23H23F4N5O2. The van der Waals surface area contributed by atoms with E-state index in [2.05, 4.69) is 15.2 Å². The fraction of sp³-hybridized carbons (Fsp3) is 0.348. The lowest BCUT2D eigenvalue weighted by molar-refractivity contribution is -0.143. The van der Waals surface area contributed by atoms with Gasteiger partial charge in [0.25, 0.3) is 5.91 Å². The molecule has 4 rings (SSSR count). The average molecular weight is 477 g/mol. The fourth-order valence-corrected chi connectivity index (χ4v) is 3.85. The summed E-state index contributed by atoms with van der Waals surface area (Å²) in [6.45, 7) is 2.40. The Morgan fingerprint density at radius 1 is 1.00 bits per heavy atom. The molecule has 1 amide bonds. The summed E-state index contributed by atoms with van der Waals surface area (Å²) in [6.07, 6.45) is -4.06. The predicted octanol–water partition coefficient (Wildman–Crippen LogP) is 3.43. The van der Waals surface area contributed by atoms with Crippen LogP contribution in [0, 0.1) is 5.82 Å². The highest BCUT2D eigenvalue weighted by molar-refractivity contribution is 5.93. The zero-order chi connectivity index (χ0) is 24.3. The molecule has 3 aromatic rings. The highest BCUT2D eigenvalue weighted by Crippen LogP contribution is 2.33. The van der Waals surface area contributed by atoms with Crippen molar-refractivity contribution in [1.82, 2.24) is 24.8 Å². The summed E-state index contributed by atoms with van der Waals surface area (Å²) >= 11 is 0. The maximum Gasteiger partial charge on any atom is 0.435 e. The molecule has 0 saturated carbocycles. The molecule has 0 unspecified atom stereocenters. The molecule has 0 radical (unpaired) electrons. The Balaban J connectivity index is 1.42. The van der Waals surface area contributed by atoms with Crippen molar-refractivity contribution >= 4 is 5.91 Å². The number of carbonyl (C=O) groups is 1. The number of hydrogen-bond donors (Lipinski definition) is 0. The van der Waals surface area contributed by atoms with Gasteiger partial charge in [-0.05, 0) is 48.4 Å². The monoisotopic (exact) mass is 477 g/mol. The molecule has 11 heteroatoms. The molecule has 1 aliphatic heterocycles. The Kier molecular flexibility index (Phi) is 6.82. The molecule has 7 nitrogen and oxygen atoms in total. The summed E-state index contributed by atoms with van der Waals surface area (Å²) < 4.78 is 60.4. The van der Waals surface area contributed by atoms with Crippen LogP contribution < -0.4 is 4.74 Å². The summed E-state index contributed by atoms with van der Waals surface area (Å²) in [4.78, 5) is 16.5. The molecule has 1 aromatic heterocycles. The van der Waals surface area contributed by atoms with Gasteiger partial charge >= 0.3 is 6.18 Å². The van der Waals surface area contributed by atoms with Crippen LogP contribution >= 0.6 is 0 Å². The number of rotatable bonds is 6. The number of hydrogen-bond acceptors (Lipinski definition) is 5. The second-order valence-corrected chi connectivity index (χ2v) is 7.90. The van der Waals surface area contributed by atoms with E-state index in [4.69, 9.17) is 4.74 Å². The van der Waals surface area contributed by atoms with Crippen molar-refractivity contribution in [2.75, 3.05) is 39.8 Å². The van der Waals surface area contributed by atoms with Crippen LogP contribution in [0.25, 0.3) is 5.69 Å². The lowest BCUT2D eigenvalue weighted by atomic mass is 10.1. The molecule has 0 spiro atoms. The fourth-order valence-electron chi connectivity index (χ4n) is 3.85. The maximum absolute atomic E-state index is 13.8. The lowest BCUT2D eigenvalue weighted by Gasteiger charge is -2.34. The number of aromatic nitrogens is 3. The van der Waals surface area contributed by atoms with Gasteiger partial charge in [0.2, 0.25) is 0 Å². The van der Waals surface area contributed by atoms with Gasteiger partial charge in [0, 0.05) is 32.7 Å². The third kappa shape index (κ3) is 5.19. The Morgan fingerprint density at radius 3 is 2.24 bits per heavy atom. The van der Waals surface area contributed by atoms with Gasteiger partial charge in [-0.3, -0.25) is 9.69 Å². The van der Waals surface area contributed by atoms with Crippen LogP contribution in [0.15, 0.2) is 48.5 Å². The number of ether oxygens (including phenoxy) is 1. The number of methoxy groups -OCH3 is 1. The van der Waals surface area contributed by atoms with Crippen molar-refractivity contribution < 1.29 is 27.1 Å². The summed E-state index contributed by atoms with van der Waals surface area (Å²) in [5.74, 6) is -0.639. The Bertz CT molecular complexity index is 1120. The van der Waals surface area contributed by atoms with E-state index in [1.807, 2.05) is 24.3 Å². The number of alkyl halides is 3. The van der Waals surface area contributed by atoms with Gasteiger partial charge in [-0.1, -0.05) is 17.3 Å². The van der Waals surface area contributed by atoms with Gasteiger partial charge in [-0.15, -0.1) is 5.10 Å². The number of piperazine rings is 1. The van der Waals surface area contributed by atoms with E-state index in [1.54, 1.807) is 7.11 Å². The molecule has 1 fully saturated rings. The highest BCUT2D eigenvalue weighted by Gasteiger charge is 2.43. The summed E-state index contributed by atoms with van der Waals surface area (Å²) in [7, 11) is 1.61. The van der Waals surface area contributed by atoms with Gasteiger partial charge in [0.1, 0.15) is 11.6 Å². The Hall–Kier alpha value is -3.47. The maximum atomic E-state index is 13.8. The zero-order valence-electron chi connectivity index (χ0n) is 18.4. The molecule has 1 saturated heterocycles. The second kappa shape index (κ2) is 9.80. The topological polar surface area (TPSA) is 63.5 Å². The first kappa shape index (κ1) is 23.7. The van der Waals surface area contributed by atoms with Crippen LogP contribution in [-0.2, 0) is 12.6 Å². The van der Waals surface area contributed by atoms with E-state index in [-0.39, 0.29) is 18.8 Å². The van der Waals surface area contributed by atoms with Gasteiger partial charge < -0.3 is 9.64 Å². The second-order valence-electron chi connectivity index (χ2n) is 7.90. The Labute approximate surface area is 193 Å². The van der Waals surface area contributed by atoms with E-state index in [0.717, 1.165) is 48.5 Å². The predicted molar refractivity (Wildman–Crippen MR) is 115 cm³/mol. The van der Waals surface area contributed by atoms with Crippen molar-refractivity contribution in [1.29, 1.82) is 0 Å². The van der Waals surface area contributed by atoms with Crippen LogP contribution in [0.3, 0.4) is 0 Å². The highest BCUT2D eigenvalue weighted by atomic mass is 19.4. The number of halogens is 4. The average Bonchev–Trinajstić information content (AvgIpc) is 3.29. The van der Waals surface area contributed by atoms with Crippen LogP contribution in [0.5, 0.6) is 5.75 Å².